The average molecular weight is 251 g/mol. The predicted octanol–water partition coefficient (Wildman–Crippen LogP) is 1.97. The summed E-state index contributed by atoms with van der Waals surface area (Å²) in [5, 5.41) is 7.74. The number of nitrogens with one attached hydrogen (secondary N) is 2. The van der Waals surface area contributed by atoms with E-state index < -0.39 is 0 Å². The molecule has 0 spiro atoms. The molecule has 3 heterocycles. The second-order valence-corrected chi connectivity index (χ2v) is 4.48. The van der Waals surface area contributed by atoms with Gasteiger partial charge in [-0.15, -0.1) is 0 Å². The van der Waals surface area contributed by atoms with Gasteiger partial charge in [0.05, 0.1) is 11.9 Å². The topological polar surface area (TPSA) is 43.4 Å². The summed E-state index contributed by atoms with van der Waals surface area (Å²) in [5.41, 5.74) is 1.01. The van der Waals surface area contributed by atoms with Crippen molar-refractivity contribution >= 4 is 35.4 Å². The first kappa shape index (κ1) is 10.0. The zero-order chi connectivity index (χ0) is 10.8. The molecule has 0 saturated carbocycles. The maximum Gasteiger partial charge on any atom is 0.147 e. The highest BCUT2D eigenvalue weighted by molar-refractivity contribution is 8.00. The Morgan fingerprint density at radius 3 is 2.31 bits per heavy atom. The third-order valence-electron chi connectivity index (χ3n) is 2.12. The monoisotopic (exact) mass is 251 g/mol. The maximum absolute atomic E-state index is 4.38. The van der Waals surface area contributed by atoms with Crippen LogP contribution < -0.4 is 19.7 Å². The lowest BCUT2D eigenvalue weighted by molar-refractivity contribution is 0.956. The zero-order valence-electron chi connectivity index (χ0n) is 8.20. The average Bonchev–Trinajstić information content (AvgIpc) is 3.03. The third kappa shape index (κ3) is 1.90. The molecule has 0 amide bonds. The van der Waals surface area contributed by atoms with Gasteiger partial charge in [-0.05, 0) is 36.0 Å². The van der Waals surface area contributed by atoms with Crippen LogP contribution in [0.1, 0.15) is 0 Å². The normalized spacial score (nSPS) is 18.8. The van der Waals surface area contributed by atoms with Crippen LogP contribution >= 0.6 is 23.9 Å². The molecule has 0 radical (unpaired) electrons. The molecular formula is C9H9N5S2. The van der Waals surface area contributed by atoms with E-state index in [9.17, 15) is 0 Å². The van der Waals surface area contributed by atoms with Crippen molar-refractivity contribution < 1.29 is 0 Å². The van der Waals surface area contributed by atoms with Crippen LogP contribution in [0.2, 0.25) is 0 Å². The minimum absolute atomic E-state index is 0.876. The van der Waals surface area contributed by atoms with Gasteiger partial charge in [-0.2, -0.15) is 9.66 Å². The quantitative estimate of drug-likeness (QED) is 0.779. The Kier molecular flexibility index (Phi) is 2.75. The van der Waals surface area contributed by atoms with Crippen LogP contribution in [0.25, 0.3) is 0 Å². The minimum atomic E-state index is 0.876. The SMILES string of the molecule is C1=CN(c2ccc(N3C=CSN3)nc2)NS1. The second kappa shape index (κ2) is 4.38. The van der Waals surface area contributed by atoms with Crippen LogP contribution in [0.4, 0.5) is 11.5 Å². The van der Waals surface area contributed by atoms with Gasteiger partial charge in [0, 0.05) is 23.2 Å². The highest BCUT2D eigenvalue weighted by Crippen LogP contribution is 2.22. The van der Waals surface area contributed by atoms with E-state index in [-0.39, 0.29) is 0 Å². The molecule has 3 rings (SSSR count). The summed E-state index contributed by atoms with van der Waals surface area (Å²) < 4.78 is 0. The number of nitrogens with zero attached hydrogens (tertiary/aromatic N) is 3. The van der Waals surface area contributed by atoms with Gasteiger partial charge in [-0.1, -0.05) is 0 Å². The Morgan fingerprint density at radius 1 is 1.00 bits per heavy atom. The van der Waals surface area contributed by atoms with E-state index in [0.717, 1.165) is 11.5 Å². The van der Waals surface area contributed by atoms with E-state index in [1.807, 2.05) is 51.6 Å². The van der Waals surface area contributed by atoms with Crippen molar-refractivity contribution in [3.8, 4) is 0 Å². The Bertz CT molecular complexity index is 389. The van der Waals surface area contributed by atoms with E-state index in [1.54, 1.807) is 0 Å². The summed E-state index contributed by atoms with van der Waals surface area (Å²) in [4.78, 5) is 10.6. The first-order valence-corrected chi connectivity index (χ1v) is 6.40. The van der Waals surface area contributed by atoms with Gasteiger partial charge >= 0.3 is 0 Å². The van der Waals surface area contributed by atoms with E-state index >= 15 is 0 Å². The van der Waals surface area contributed by atoms with Gasteiger partial charge in [0.25, 0.3) is 0 Å². The van der Waals surface area contributed by atoms with Gasteiger partial charge in [0.15, 0.2) is 0 Å². The molecule has 16 heavy (non-hydrogen) atoms. The Balaban J connectivity index is 1.79. The molecule has 2 aliphatic heterocycles. The molecule has 0 aromatic carbocycles. The molecule has 0 bridgehead atoms. The molecular weight excluding hydrogens is 242 g/mol. The lowest BCUT2D eigenvalue weighted by atomic mass is 10.4. The molecule has 0 fully saturated rings. The van der Waals surface area contributed by atoms with E-state index in [1.165, 1.54) is 23.9 Å². The molecule has 2 aliphatic rings. The molecule has 0 aliphatic carbocycles. The number of rotatable bonds is 2. The van der Waals surface area contributed by atoms with Crippen molar-refractivity contribution in [3.05, 3.63) is 41.5 Å². The summed E-state index contributed by atoms with van der Waals surface area (Å²) in [7, 11) is 0. The molecule has 0 unspecified atom stereocenters. The van der Waals surface area contributed by atoms with E-state index in [0.29, 0.717) is 0 Å². The second-order valence-electron chi connectivity index (χ2n) is 3.10. The first-order valence-electron chi connectivity index (χ1n) is 4.64. The van der Waals surface area contributed by atoms with Crippen LogP contribution in [0.15, 0.2) is 41.5 Å². The number of hydrazine groups is 2. The number of anilines is 2. The molecule has 0 saturated heterocycles. The van der Waals surface area contributed by atoms with Gasteiger partial charge in [-0.25, -0.2) is 4.98 Å². The van der Waals surface area contributed by atoms with Crippen molar-refractivity contribution in [2.24, 2.45) is 0 Å². The van der Waals surface area contributed by atoms with Crippen molar-refractivity contribution in [2.45, 2.75) is 0 Å². The number of hydrogen-bond acceptors (Lipinski definition) is 7. The summed E-state index contributed by atoms with van der Waals surface area (Å²) in [6.45, 7) is 0. The fourth-order valence-corrected chi connectivity index (χ4v) is 2.38. The van der Waals surface area contributed by atoms with Crippen LogP contribution in [0.5, 0.6) is 0 Å². The van der Waals surface area contributed by atoms with Gasteiger partial charge < -0.3 is 0 Å². The van der Waals surface area contributed by atoms with Crippen molar-refractivity contribution in [3.63, 3.8) is 0 Å². The van der Waals surface area contributed by atoms with Crippen molar-refractivity contribution in [1.29, 1.82) is 0 Å². The van der Waals surface area contributed by atoms with Gasteiger partial charge in [0.1, 0.15) is 5.82 Å². The molecule has 0 atom stereocenters. The van der Waals surface area contributed by atoms with Crippen molar-refractivity contribution in [2.75, 3.05) is 10.0 Å². The van der Waals surface area contributed by atoms with Gasteiger partial charge in [0.2, 0.25) is 0 Å². The van der Waals surface area contributed by atoms with E-state index in [4.69, 9.17) is 0 Å². The van der Waals surface area contributed by atoms with Crippen LogP contribution in [0.3, 0.4) is 0 Å². The molecule has 7 heteroatoms. The first-order chi connectivity index (χ1) is 7.93. The Labute approximate surface area is 102 Å². The third-order valence-corrected chi connectivity index (χ3v) is 3.24. The minimum Gasteiger partial charge on any atom is -0.272 e. The van der Waals surface area contributed by atoms with Crippen molar-refractivity contribution in [1.82, 2.24) is 14.6 Å². The summed E-state index contributed by atoms with van der Waals surface area (Å²) in [5.74, 6) is 0.876. The van der Waals surface area contributed by atoms with Crippen LogP contribution in [-0.4, -0.2) is 4.98 Å². The van der Waals surface area contributed by atoms with Crippen LogP contribution in [0, 0.1) is 0 Å². The molecule has 82 valence electrons. The summed E-state index contributed by atoms with van der Waals surface area (Å²) in [6, 6.07) is 3.99. The van der Waals surface area contributed by atoms with Gasteiger partial charge in [-0.3, -0.25) is 10.0 Å². The fraction of sp³-hybridized carbons (Fsp3) is 0. The largest absolute Gasteiger partial charge is 0.272 e. The standard InChI is InChI=1S/C9H9N5S2/c1-2-9(14-4-6-16-12-14)10-7-8(1)13-3-5-15-11-13/h1-7,11-12H. The highest BCUT2D eigenvalue weighted by atomic mass is 32.2. The van der Waals surface area contributed by atoms with Crippen LogP contribution in [-0.2, 0) is 0 Å². The fourth-order valence-electron chi connectivity index (χ4n) is 1.34. The summed E-state index contributed by atoms with van der Waals surface area (Å²) in [6.07, 6.45) is 5.73. The predicted molar refractivity (Wildman–Crippen MR) is 68.9 cm³/mol. The smallest absolute Gasteiger partial charge is 0.147 e. The Morgan fingerprint density at radius 2 is 1.75 bits per heavy atom. The zero-order valence-corrected chi connectivity index (χ0v) is 9.83. The maximum atomic E-state index is 4.38. The van der Waals surface area contributed by atoms with E-state index in [2.05, 4.69) is 14.6 Å². The molecule has 1 aromatic heterocycles. The Hall–Kier alpha value is -1.15. The number of hydrogen-bond donors (Lipinski definition) is 2. The number of aromatic nitrogens is 1. The summed E-state index contributed by atoms with van der Waals surface area (Å²) >= 11 is 3.06. The number of pyridine rings is 1. The molecule has 5 nitrogen and oxygen atoms in total. The lowest BCUT2D eigenvalue weighted by Gasteiger charge is -2.17. The molecule has 1 aromatic rings. The highest BCUT2D eigenvalue weighted by Gasteiger charge is 2.11. The molecule has 2 N–H and O–H groups in total. The lowest BCUT2D eigenvalue weighted by Crippen LogP contribution is -2.25.